The minimum atomic E-state index is 0.134. The van der Waals surface area contributed by atoms with E-state index in [2.05, 4.69) is 17.9 Å². The number of hydrogen-bond donors (Lipinski definition) is 0. The Morgan fingerprint density at radius 1 is 1.41 bits per heavy atom. The number of carbonyl (C=O) groups is 1. The molecule has 0 bridgehead atoms. The maximum atomic E-state index is 11.9. The molecule has 96 valence electrons. The zero-order valence-corrected chi connectivity index (χ0v) is 11.0. The zero-order chi connectivity index (χ0) is 12.7. The van der Waals surface area contributed by atoms with Gasteiger partial charge < -0.3 is 4.90 Å². The second kappa shape index (κ2) is 7.29. The summed E-state index contributed by atoms with van der Waals surface area (Å²) < 4.78 is 0. The first-order valence-electron chi connectivity index (χ1n) is 6.50. The molecule has 0 unspecified atom stereocenters. The maximum absolute atomic E-state index is 11.9. The molecule has 17 heavy (non-hydrogen) atoms. The highest BCUT2D eigenvalue weighted by Crippen LogP contribution is 2.29. The van der Waals surface area contributed by atoms with E-state index in [9.17, 15) is 4.79 Å². The van der Waals surface area contributed by atoms with Crippen molar-refractivity contribution in [3.63, 3.8) is 0 Å². The van der Waals surface area contributed by atoms with E-state index in [1.807, 2.05) is 0 Å². The summed E-state index contributed by atoms with van der Waals surface area (Å²) in [6.07, 6.45) is 4.14. The highest BCUT2D eigenvalue weighted by atomic mass is 16.2. The van der Waals surface area contributed by atoms with Crippen molar-refractivity contribution in [1.29, 1.82) is 5.26 Å². The van der Waals surface area contributed by atoms with Crippen LogP contribution in [-0.2, 0) is 4.79 Å². The molecule has 1 fully saturated rings. The lowest BCUT2D eigenvalue weighted by atomic mass is 10.3. The van der Waals surface area contributed by atoms with Crippen molar-refractivity contribution < 1.29 is 4.79 Å². The summed E-state index contributed by atoms with van der Waals surface area (Å²) in [6.45, 7) is 5.24. The van der Waals surface area contributed by atoms with Crippen LogP contribution in [0.4, 0.5) is 0 Å². The van der Waals surface area contributed by atoms with Crippen LogP contribution in [0.5, 0.6) is 0 Å². The minimum Gasteiger partial charge on any atom is -0.344 e. The molecule has 0 heterocycles. The molecular weight excluding hydrogens is 214 g/mol. The zero-order valence-electron chi connectivity index (χ0n) is 11.0. The van der Waals surface area contributed by atoms with E-state index in [1.54, 1.807) is 11.9 Å². The first kappa shape index (κ1) is 14.0. The van der Waals surface area contributed by atoms with E-state index in [0.717, 1.165) is 25.4 Å². The molecule has 0 spiro atoms. The molecule has 4 heteroatoms. The molecule has 1 aliphatic carbocycles. The lowest BCUT2D eigenvalue weighted by Crippen LogP contribution is -2.40. The molecule has 0 atom stereocenters. The Bertz CT molecular complexity index is 281. The highest BCUT2D eigenvalue weighted by Gasteiger charge is 2.25. The average molecular weight is 237 g/mol. The second-order valence-electron chi connectivity index (χ2n) is 4.90. The van der Waals surface area contributed by atoms with E-state index in [0.29, 0.717) is 19.5 Å². The van der Waals surface area contributed by atoms with Gasteiger partial charge in [-0.1, -0.05) is 6.92 Å². The summed E-state index contributed by atoms with van der Waals surface area (Å²) in [5, 5.41) is 8.49. The van der Waals surface area contributed by atoms with Gasteiger partial charge in [0.15, 0.2) is 0 Å². The van der Waals surface area contributed by atoms with Gasteiger partial charge in [0, 0.05) is 20.1 Å². The van der Waals surface area contributed by atoms with Gasteiger partial charge in [0.2, 0.25) is 5.91 Å². The van der Waals surface area contributed by atoms with Gasteiger partial charge in [0.05, 0.1) is 19.0 Å². The minimum absolute atomic E-state index is 0.134. The number of nitrogens with zero attached hydrogens (tertiary/aromatic N) is 3. The highest BCUT2D eigenvalue weighted by molar-refractivity contribution is 5.78. The fraction of sp³-hybridized carbons (Fsp3) is 0.846. The molecule has 0 aromatic carbocycles. The van der Waals surface area contributed by atoms with Gasteiger partial charge in [-0.2, -0.15) is 5.26 Å². The third kappa shape index (κ3) is 5.69. The molecule has 1 amide bonds. The normalized spacial score (nSPS) is 14.7. The van der Waals surface area contributed by atoms with Crippen molar-refractivity contribution >= 4 is 5.91 Å². The monoisotopic (exact) mass is 237 g/mol. The third-order valence-corrected chi connectivity index (χ3v) is 3.10. The van der Waals surface area contributed by atoms with Gasteiger partial charge in [0.25, 0.3) is 0 Å². The van der Waals surface area contributed by atoms with Crippen LogP contribution in [0.1, 0.15) is 32.6 Å². The second-order valence-corrected chi connectivity index (χ2v) is 4.90. The Balaban J connectivity index is 2.31. The van der Waals surface area contributed by atoms with Crippen molar-refractivity contribution in [3.8, 4) is 6.07 Å². The third-order valence-electron chi connectivity index (χ3n) is 3.10. The summed E-state index contributed by atoms with van der Waals surface area (Å²) in [5.41, 5.74) is 0. The number of amides is 1. The largest absolute Gasteiger partial charge is 0.344 e. The number of likely N-dealkylation sites (N-methyl/N-ethyl adjacent to an activating group) is 1. The quantitative estimate of drug-likeness (QED) is 0.642. The molecule has 0 aromatic heterocycles. The molecule has 1 aliphatic rings. The van der Waals surface area contributed by atoms with Crippen LogP contribution in [-0.4, -0.2) is 48.9 Å². The predicted octanol–water partition coefficient (Wildman–Crippen LogP) is 1.48. The van der Waals surface area contributed by atoms with Gasteiger partial charge in [0.1, 0.15) is 0 Å². The summed E-state index contributed by atoms with van der Waals surface area (Å²) in [4.78, 5) is 15.8. The van der Waals surface area contributed by atoms with Gasteiger partial charge in [-0.15, -0.1) is 0 Å². The first-order chi connectivity index (χ1) is 8.17. The molecular formula is C13H23N3O. The van der Waals surface area contributed by atoms with Gasteiger partial charge >= 0.3 is 0 Å². The van der Waals surface area contributed by atoms with E-state index < -0.39 is 0 Å². The van der Waals surface area contributed by atoms with Gasteiger partial charge in [-0.05, 0) is 31.7 Å². The molecule has 0 aliphatic heterocycles. The van der Waals surface area contributed by atoms with Crippen LogP contribution in [0, 0.1) is 17.2 Å². The lowest BCUT2D eigenvalue weighted by Gasteiger charge is -2.24. The molecule has 0 N–H and O–H groups in total. The van der Waals surface area contributed by atoms with Crippen LogP contribution in [0.3, 0.4) is 0 Å². The fourth-order valence-electron chi connectivity index (χ4n) is 1.87. The number of rotatable bonds is 8. The smallest absolute Gasteiger partial charge is 0.236 e. The summed E-state index contributed by atoms with van der Waals surface area (Å²) in [6, 6.07) is 2.07. The molecule has 1 rings (SSSR count). The van der Waals surface area contributed by atoms with Crippen LogP contribution in [0.2, 0.25) is 0 Å². The van der Waals surface area contributed by atoms with Crippen LogP contribution in [0.25, 0.3) is 0 Å². The van der Waals surface area contributed by atoms with Crippen LogP contribution < -0.4 is 0 Å². The standard InChI is InChI=1S/C13H23N3O/c1-3-8-16(10-12-5-6-12)11-13(17)15(2)9-4-7-14/h12H,3-6,8-11H2,1-2H3. The van der Waals surface area contributed by atoms with Crippen LogP contribution in [0.15, 0.2) is 0 Å². The van der Waals surface area contributed by atoms with Gasteiger partial charge in [-0.25, -0.2) is 0 Å². The van der Waals surface area contributed by atoms with Crippen molar-refractivity contribution in [3.05, 3.63) is 0 Å². The lowest BCUT2D eigenvalue weighted by molar-refractivity contribution is -0.131. The Morgan fingerprint density at radius 2 is 2.12 bits per heavy atom. The predicted molar refractivity (Wildman–Crippen MR) is 67.3 cm³/mol. The number of carbonyl (C=O) groups excluding carboxylic acids is 1. The molecule has 0 radical (unpaired) electrons. The number of nitriles is 1. The SMILES string of the molecule is CCCN(CC(=O)N(C)CCC#N)CC1CC1. The van der Waals surface area contributed by atoms with Crippen molar-refractivity contribution in [2.24, 2.45) is 5.92 Å². The Labute approximate surface area is 104 Å². The topological polar surface area (TPSA) is 47.3 Å². The van der Waals surface area contributed by atoms with E-state index in [1.165, 1.54) is 12.8 Å². The maximum Gasteiger partial charge on any atom is 0.236 e. The summed E-state index contributed by atoms with van der Waals surface area (Å²) in [7, 11) is 1.78. The Kier molecular flexibility index (Phi) is 5.99. The molecule has 4 nitrogen and oxygen atoms in total. The average Bonchev–Trinajstić information content (AvgIpc) is 3.09. The van der Waals surface area contributed by atoms with E-state index in [4.69, 9.17) is 5.26 Å². The molecule has 0 saturated heterocycles. The summed E-state index contributed by atoms with van der Waals surface area (Å²) in [5.74, 6) is 0.952. The Hall–Kier alpha value is -1.08. The first-order valence-corrected chi connectivity index (χ1v) is 6.50. The van der Waals surface area contributed by atoms with Crippen molar-refractivity contribution in [1.82, 2.24) is 9.80 Å². The van der Waals surface area contributed by atoms with E-state index >= 15 is 0 Å². The fourth-order valence-corrected chi connectivity index (χ4v) is 1.87. The molecule has 0 aromatic rings. The van der Waals surface area contributed by atoms with Crippen LogP contribution >= 0.6 is 0 Å². The molecule has 1 saturated carbocycles. The van der Waals surface area contributed by atoms with Crippen molar-refractivity contribution in [2.75, 3.05) is 33.2 Å². The summed E-state index contributed by atoms with van der Waals surface area (Å²) >= 11 is 0. The Morgan fingerprint density at radius 3 is 2.65 bits per heavy atom. The van der Waals surface area contributed by atoms with E-state index in [-0.39, 0.29) is 5.91 Å². The van der Waals surface area contributed by atoms with Gasteiger partial charge in [-0.3, -0.25) is 9.69 Å². The number of hydrogen-bond acceptors (Lipinski definition) is 3. The van der Waals surface area contributed by atoms with Crippen molar-refractivity contribution in [2.45, 2.75) is 32.6 Å².